The number of fused-ring (bicyclic) bond motifs is 2. The predicted octanol–water partition coefficient (Wildman–Crippen LogP) is 3.81. The Kier molecular flexibility index (Phi) is 6.05. The van der Waals surface area contributed by atoms with Crippen LogP contribution in [0.5, 0.6) is 5.75 Å². The van der Waals surface area contributed by atoms with Crippen molar-refractivity contribution >= 4 is 17.5 Å². The molecular weight excluding hydrogens is 400 g/mol. The van der Waals surface area contributed by atoms with Gasteiger partial charge in [0.25, 0.3) is 0 Å². The number of carbonyl (C=O) groups excluding carboxylic acids is 1. The van der Waals surface area contributed by atoms with Crippen molar-refractivity contribution in [2.24, 2.45) is 5.92 Å². The third kappa shape index (κ3) is 4.20. The standard InChI is InChI=1S/C24H29ClN2O3/c1-26(2)23(29)19(13-17-7-8-20(28)14-22(17)25)15-27-11-9-24(10-12-27)21-6-4-3-5-18(21)16-30-24/h3-8,14,19,28H,9-13,15-16H2,1-2H3. The smallest absolute Gasteiger partial charge is 0.226 e. The molecule has 1 spiro atoms. The molecule has 2 heterocycles. The molecule has 2 aliphatic heterocycles. The van der Waals surface area contributed by atoms with Gasteiger partial charge in [-0.05, 0) is 48.1 Å². The minimum Gasteiger partial charge on any atom is -0.508 e. The van der Waals surface area contributed by atoms with Crippen LogP contribution in [0.4, 0.5) is 0 Å². The molecule has 1 atom stereocenters. The van der Waals surface area contributed by atoms with Crippen molar-refractivity contribution in [3.8, 4) is 5.75 Å². The Hall–Kier alpha value is -2.08. The lowest BCUT2D eigenvalue weighted by molar-refractivity contribution is -0.134. The SMILES string of the molecule is CN(C)C(=O)C(Cc1ccc(O)cc1Cl)CN1CCC2(CC1)OCc1ccccc12. The van der Waals surface area contributed by atoms with Crippen molar-refractivity contribution in [1.29, 1.82) is 0 Å². The summed E-state index contributed by atoms with van der Waals surface area (Å²) in [5.41, 5.74) is 3.35. The Morgan fingerprint density at radius 3 is 2.67 bits per heavy atom. The molecule has 2 aromatic rings. The number of likely N-dealkylation sites (tertiary alicyclic amines) is 1. The molecule has 1 amide bonds. The highest BCUT2D eigenvalue weighted by atomic mass is 35.5. The van der Waals surface area contributed by atoms with Gasteiger partial charge in [0.1, 0.15) is 5.75 Å². The maximum Gasteiger partial charge on any atom is 0.226 e. The van der Waals surface area contributed by atoms with Crippen LogP contribution < -0.4 is 0 Å². The van der Waals surface area contributed by atoms with Crippen LogP contribution in [-0.4, -0.2) is 54.5 Å². The zero-order valence-electron chi connectivity index (χ0n) is 17.6. The van der Waals surface area contributed by atoms with Crippen molar-refractivity contribution in [2.45, 2.75) is 31.5 Å². The molecule has 1 N–H and O–H groups in total. The molecule has 5 nitrogen and oxygen atoms in total. The molecule has 1 fully saturated rings. The van der Waals surface area contributed by atoms with E-state index in [0.29, 0.717) is 24.6 Å². The molecule has 4 rings (SSSR count). The number of rotatable bonds is 5. The first-order valence-electron chi connectivity index (χ1n) is 10.5. The van der Waals surface area contributed by atoms with E-state index >= 15 is 0 Å². The van der Waals surface area contributed by atoms with Crippen LogP contribution in [0.15, 0.2) is 42.5 Å². The van der Waals surface area contributed by atoms with Crippen molar-refractivity contribution in [2.75, 3.05) is 33.7 Å². The maximum absolute atomic E-state index is 12.9. The lowest BCUT2D eigenvalue weighted by Gasteiger charge is -2.40. The summed E-state index contributed by atoms with van der Waals surface area (Å²) in [5.74, 6) is 0.0483. The number of aromatic hydroxyl groups is 1. The number of ether oxygens (including phenoxy) is 1. The first kappa shape index (κ1) is 21.2. The van der Waals surface area contributed by atoms with E-state index in [1.165, 1.54) is 17.2 Å². The van der Waals surface area contributed by atoms with Gasteiger partial charge in [-0.2, -0.15) is 0 Å². The highest BCUT2D eigenvalue weighted by molar-refractivity contribution is 6.31. The van der Waals surface area contributed by atoms with E-state index in [1.807, 2.05) is 6.07 Å². The fourth-order valence-electron chi connectivity index (χ4n) is 4.77. The van der Waals surface area contributed by atoms with Crippen LogP contribution in [0, 0.1) is 5.92 Å². The summed E-state index contributed by atoms with van der Waals surface area (Å²) in [6, 6.07) is 13.5. The number of amides is 1. The van der Waals surface area contributed by atoms with E-state index < -0.39 is 0 Å². The largest absolute Gasteiger partial charge is 0.508 e. The number of hydrogen-bond donors (Lipinski definition) is 1. The summed E-state index contributed by atoms with van der Waals surface area (Å²) in [6.07, 6.45) is 2.43. The number of carbonyl (C=O) groups is 1. The molecule has 160 valence electrons. The van der Waals surface area contributed by atoms with Gasteiger partial charge >= 0.3 is 0 Å². The molecule has 2 aromatic carbocycles. The van der Waals surface area contributed by atoms with E-state index in [9.17, 15) is 9.90 Å². The summed E-state index contributed by atoms with van der Waals surface area (Å²) in [6.45, 7) is 3.17. The minimum absolute atomic E-state index is 0.0990. The topological polar surface area (TPSA) is 53.0 Å². The molecule has 0 aromatic heterocycles. The van der Waals surface area contributed by atoms with Gasteiger partial charge in [-0.15, -0.1) is 0 Å². The normalized spacial score (nSPS) is 18.9. The Labute approximate surface area is 183 Å². The fraction of sp³-hybridized carbons (Fsp3) is 0.458. The van der Waals surface area contributed by atoms with Crippen LogP contribution in [-0.2, 0) is 28.2 Å². The maximum atomic E-state index is 12.9. The van der Waals surface area contributed by atoms with E-state index in [1.54, 1.807) is 25.1 Å². The van der Waals surface area contributed by atoms with E-state index in [-0.39, 0.29) is 23.2 Å². The number of phenolic OH excluding ortho intramolecular Hbond substituents is 1. The molecule has 6 heteroatoms. The van der Waals surface area contributed by atoms with Crippen LogP contribution in [0.2, 0.25) is 5.02 Å². The monoisotopic (exact) mass is 428 g/mol. The lowest BCUT2D eigenvalue weighted by atomic mass is 9.83. The van der Waals surface area contributed by atoms with Gasteiger partial charge in [0, 0.05) is 38.8 Å². The van der Waals surface area contributed by atoms with Crippen molar-refractivity contribution in [3.05, 3.63) is 64.2 Å². The third-order valence-electron chi connectivity index (χ3n) is 6.45. The molecular formula is C24H29ClN2O3. The number of phenols is 1. The van der Waals surface area contributed by atoms with Gasteiger partial charge in [0.05, 0.1) is 18.1 Å². The fourth-order valence-corrected chi connectivity index (χ4v) is 5.02. The highest BCUT2D eigenvalue weighted by Gasteiger charge is 2.42. The third-order valence-corrected chi connectivity index (χ3v) is 6.80. The zero-order valence-corrected chi connectivity index (χ0v) is 18.4. The predicted molar refractivity (Wildman–Crippen MR) is 118 cm³/mol. The quantitative estimate of drug-likeness (QED) is 0.786. The molecule has 2 aliphatic rings. The van der Waals surface area contributed by atoms with Gasteiger partial charge in [-0.25, -0.2) is 0 Å². The average molecular weight is 429 g/mol. The second kappa shape index (κ2) is 8.58. The Bertz CT molecular complexity index is 922. The molecule has 1 unspecified atom stereocenters. The number of piperidine rings is 1. The summed E-state index contributed by atoms with van der Waals surface area (Å²) in [4.78, 5) is 16.9. The van der Waals surface area contributed by atoms with Crippen LogP contribution in [0.1, 0.15) is 29.5 Å². The number of benzene rings is 2. The number of hydrogen-bond acceptors (Lipinski definition) is 4. The highest BCUT2D eigenvalue weighted by Crippen LogP contribution is 2.44. The Morgan fingerprint density at radius 2 is 1.97 bits per heavy atom. The van der Waals surface area contributed by atoms with Crippen molar-refractivity contribution in [3.63, 3.8) is 0 Å². The molecule has 0 bridgehead atoms. The van der Waals surface area contributed by atoms with Gasteiger partial charge in [0.2, 0.25) is 5.91 Å². The Balaban J connectivity index is 1.45. The first-order valence-corrected chi connectivity index (χ1v) is 10.9. The molecule has 30 heavy (non-hydrogen) atoms. The summed E-state index contributed by atoms with van der Waals surface area (Å²) in [7, 11) is 3.59. The number of nitrogens with zero attached hydrogens (tertiary/aromatic N) is 2. The van der Waals surface area contributed by atoms with Gasteiger partial charge in [-0.3, -0.25) is 4.79 Å². The van der Waals surface area contributed by atoms with Gasteiger partial charge < -0.3 is 19.6 Å². The van der Waals surface area contributed by atoms with Crippen LogP contribution >= 0.6 is 11.6 Å². The first-order chi connectivity index (χ1) is 14.4. The summed E-state index contributed by atoms with van der Waals surface area (Å²) >= 11 is 6.32. The van der Waals surface area contributed by atoms with Gasteiger partial charge in [-0.1, -0.05) is 41.9 Å². The second-order valence-electron chi connectivity index (χ2n) is 8.65. The summed E-state index contributed by atoms with van der Waals surface area (Å²) in [5, 5.41) is 10.1. The Morgan fingerprint density at radius 1 is 1.23 bits per heavy atom. The van der Waals surface area contributed by atoms with Gasteiger partial charge in [0.15, 0.2) is 0 Å². The van der Waals surface area contributed by atoms with Crippen LogP contribution in [0.3, 0.4) is 0 Å². The van der Waals surface area contributed by atoms with Crippen molar-refractivity contribution in [1.82, 2.24) is 9.80 Å². The molecule has 0 radical (unpaired) electrons. The molecule has 0 aliphatic carbocycles. The summed E-state index contributed by atoms with van der Waals surface area (Å²) < 4.78 is 6.27. The molecule has 1 saturated heterocycles. The zero-order chi connectivity index (χ0) is 21.3. The number of halogens is 1. The van der Waals surface area contributed by atoms with E-state index in [2.05, 4.69) is 29.2 Å². The average Bonchev–Trinajstić information content (AvgIpc) is 3.09. The van der Waals surface area contributed by atoms with E-state index in [4.69, 9.17) is 16.3 Å². The minimum atomic E-state index is -0.187. The van der Waals surface area contributed by atoms with E-state index in [0.717, 1.165) is 31.5 Å². The lowest BCUT2D eigenvalue weighted by Crippen LogP contribution is -2.46. The molecule has 0 saturated carbocycles. The van der Waals surface area contributed by atoms with Crippen LogP contribution in [0.25, 0.3) is 0 Å². The second-order valence-corrected chi connectivity index (χ2v) is 9.06. The van der Waals surface area contributed by atoms with Crippen molar-refractivity contribution < 1.29 is 14.6 Å².